The monoisotopic (exact) mass is 326 g/mol. The smallest absolute Gasteiger partial charge is 0.252 e. The molecule has 0 saturated carbocycles. The first-order chi connectivity index (χ1) is 11.7. The van der Waals surface area contributed by atoms with Crippen LogP contribution in [0, 0.1) is 0 Å². The Hall–Kier alpha value is -1.94. The average molecular weight is 326 g/mol. The van der Waals surface area contributed by atoms with Crippen molar-refractivity contribution < 1.29 is 9.69 Å². The van der Waals surface area contributed by atoms with Gasteiger partial charge in [-0.25, -0.2) is 0 Å². The van der Waals surface area contributed by atoms with Crippen molar-refractivity contribution in [2.75, 3.05) is 26.2 Å². The number of para-hydroxylation sites is 1. The van der Waals surface area contributed by atoms with Gasteiger partial charge in [0, 0.05) is 11.1 Å². The second-order valence-corrected chi connectivity index (χ2v) is 6.60. The molecule has 0 atom stereocenters. The number of aryl methyl sites for hydroxylation is 1. The fourth-order valence-corrected chi connectivity index (χ4v) is 3.68. The van der Waals surface area contributed by atoms with Crippen LogP contribution in [0.25, 0.3) is 10.9 Å². The SMILES string of the molecule is CC[NH+](CC)CCNC(=O)c1c2c(nc3ccccc13)CCCC2. The van der Waals surface area contributed by atoms with Gasteiger partial charge in [-0.2, -0.15) is 0 Å². The molecule has 0 fully saturated rings. The van der Waals surface area contributed by atoms with Crippen molar-refractivity contribution in [2.24, 2.45) is 0 Å². The maximum atomic E-state index is 12.9. The number of carbonyl (C=O) groups is 1. The van der Waals surface area contributed by atoms with Gasteiger partial charge in [-0.15, -0.1) is 0 Å². The van der Waals surface area contributed by atoms with E-state index < -0.39 is 0 Å². The first-order valence-corrected chi connectivity index (χ1v) is 9.26. The van der Waals surface area contributed by atoms with Crippen molar-refractivity contribution >= 4 is 16.8 Å². The van der Waals surface area contributed by atoms with Gasteiger partial charge in [-0.3, -0.25) is 9.78 Å². The molecule has 0 spiro atoms. The highest BCUT2D eigenvalue weighted by Gasteiger charge is 2.22. The number of carbonyl (C=O) groups excluding carboxylic acids is 1. The Morgan fingerprint density at radius 1 is 1.17 bits per heavy atom. The van der Waals surface area contributed by atoms with Crippen molar-refractivity contribution in [1.82, 2.24) is 10.3 Å². The van der Waals surface area contributed by atoms with E-state index in [4.69, 9.17) is 4.98 Å². The molecule has 1 aromatic carbocycles. The van der Waals surface area contributed by atoms with Gasteiger partial charge in [0.15, 0.2) is 0 Å². The van der Waals surface area contributed by atoms with E-state index in [1.165, 1.54) is 16.9 Å². The van der Waals surface area contributed by atoms with Gasteiger partial charge >= 0.3 is 0 Å². The Kier molecular flexibility index (Phi) is 5.46. The van der Waals surface area contributed by atoms with Crippen LogP contribution in [-0.4, -0.2) is 37.1 Å². The van der Waals surface area contributed by atoms with Crippen LogP contribution < -0.4 is 10.2 Å². The molecule has 3 rings (SSSR count). The minimum atomic E-state index is 0.0679. The van der Waals surface area contributed by atoms with Gasteiger partial charge in [-0.05, 0) is 51.2 Å². The highest BCUT2D eigenvalue weighted by Crippen LogP contribution is 2.29. The third kappa shape index (κ3) is 3.44. The molecule has 0 radical (unpaired) electrons. The van der Waals surface area contributed by atoms with Crippen LogP contribution in [0.1, 0.15) is 48.3 Å². The number of benzene rings is 1. The van der Waals surface area contributed by atoms with Crippen molar-refractivity contribution in [3.05, 3.63) is 41.1 Å². The molecule has 1 aliphatic carbocycles. The zero-order valence-corrected chi connectivity index (χ0v) is 14.8. The number of likely N-dealkylation sites (N-methyl/N-ethyl adjacent to an activating group) is 1. The summed E-state index contributed by atoms with van der Waals surface area (Å²) in [5, 5.41) is 4.14. The third-order valence-corrected chi connectivity index (χ3v) is 5.16. The van der Waals surface area contributed by atoms with E-state index in [-0.39, 0.29) is 5.91 Å². The van der Waals surface area contributed by atoms with Crippen LogP contribution in [0.3, 0.4) is 0 Å². The summed E-state index contributed by atoms with van der Waals surface area (Å²) in [6, 6.07) is 8.04. The van der Waals surface area contributed by atoms with Crippen molar-refractivity contribution in [3.8, 4) is 0 Å². The summed E-state index contributed by atoms with van der Waals surface area (Å²) >= 11 is 0. The molecule has 4 nitrogen and oxygen atoms in total. The summed E-state index contributed by atoms with van der Waals surface area (Å²) in [6.07, 6.45) is 4.28. The van der Waals surface area contributed by atoms with E-state index in [0.29, 0.717) is 0 Å². The average Bonchev–Trinajstić information content (AvgIpc) is 2.63. The minimum Gasteiger partial charge on any atom is -0.346 e. The lowest BCUT2D eigenvalue weighted by Gasteiger charge is -2.21. The maximum Gasteiger partial charge on any atom is 0.252 e. The molecule has 4 heteroatoms. The number of aromatic nitrogens is 1. The predicted molar refractivity (Wildman–Crippen MR) is 97.6 cm³/mol. The van der Waals surface area contributed by atoms with Crippen LogP contribution in [-0.2, 0) is 12.8 Å². The summed E-state index contributed by atoms with van der Waals surface area (Å²) in [4.78, 5) is 19.3. The molecule has 0 unspecified atom stereocenters. The topological polar surface area (TPSA) is 46.4 Å². The van der Waals surface area contributed by atoms with E-state index in [1.54, 1.807) is 0 Å². The molecule has 2 aromatic rings. The molecular weight excluding hydrogens is 298 g/mol. The molecule has 128 valence electrons. The Labute approximate surface area is 144 Å². The zero-order valence-electron chi connectivity index (χ0n) is 14.8. The molecule has 24 heavy (non-hydrogen) atoms. The summed E-state index contributed by atoms with van der Waals surface area (Å²) in [5.74, 6) is 0.0679. The first-order valence-electron chi connectivity index (χ1n) is 9.26. The fraction of sp³-hybridized carbons (Fsp3) is 0.500. The molecular formula is C20H28N3O+. The number of rotatable bonds is 6. The minimum absolute atomic E-state index is 0.0679. The van der Waals surface area contributed by atoms with Gasteiger partial charge in [0.25, 0.3) is 5.91 Å². The Bertz CT molecular complexity index is 722. The molecule has 1 amide bonds. The molecule has 1 aliphatic rings. The van der Waals surface area contributed by atoms with Crippen LogP contribution in [0.4, 0.5) is 0 Å². The first kappa shape index (κ1) is 16.9. The summed E-state index contributed by atoms with van der Waals surface area (Å²) < 4.78 is 0. The number of nitrogens with zero attached hydrogens (tertiary/aromatic N) is 1. The number of nitrogens with one attached hydrogen (secondary N) is 2. The lowest BCUT2D eigenvalue weighted by atomic mass is 9.89. The van der Waals surface area contributed by atoms with Gasteiger partial charge < -0.3 is 10.2 Å². The van der Waals surface area contributed by atoms with E-state index in [2.05, 4.69) is 19.2 Å². The van der Waals surface area contributed by atoms with E-state index >= 15 is 0 Å². The lowest BCUT2D eigenvalue weighted by Crippen LogP contribution is -3.12. The van der Waals surface area contributed by atoms with E-state index in [9.17, 15) is 4.79 Å². The van der Waals surface area contributed by atoms with Crippen LogP contribution in [0.2, 0.25) is 0 Å². The molecule has 0 bridgehead atoms. The largest absolute Gasteiger partial charge is 0.346 e. The van der Waals surface area contributed by atoms with Crippen molar-refractivity contribution in [1.29, 1.82) is 0 Å². The quantitative estimate of drug-likeness (QED) is 0.850. The highest BCUT2D eigenvalue weighted by atomic mass is 16.1. The number of quaternary nitrogens is 1. The number of hydrogen-bond acceptors (Lipinski definition) is 2. The molecule has 0 saturated heterocycles. The molecule has 1 heterocycles. The molecule has 0 aliphatic heterocycles. The second kappa shape index (κ2) is 7.75. The maximum absolute atomic E-state index is 12.9. The van der Waals surface area contributed by atoms with Crippen LogP contribution in [0.5, 0.6) is 0 Å². The predicted octanol–water partition coefficient (Wildman–Crippen LogP) is 1.77. The number of pyridine rings is 1. The third-order valence-electron chi connectivity index (χ3n) is 5.16. The summed E-state index contributed by atoms with van der Waals surface area (Å²) in [7, 11) is 0. The Morgan fingerprint density at radius 2 is 1.92 bits per heavy atom. The van der Waals surface area contributed by atoms with Crippen LogP contribution in [0.15, 0.2) is 24.3 Å². The summed E-state index contributed by atoms with van der Waals surface area (Å²) in [6.45, 7) is 8.27. The molecule has 2 N–H and O–H groups in total. The van der Waals surface area contributed by atoms with Gasteiger partial charge in [0.2, 0.25) is 0 Å². The number of fused-ring (bicyclic) bond motifs is 2. The van der Waals surface area contributed by atoms with Gasteiger partial charge in [0.1, 0.15) is 0 Å². The summed E-state index contributed by atoms with van der Waals surface area (Å²) in [5.41, 5.74) is 4.11. The highest BCUT2D eigenvalue weighted by molar-refractivity contribution is 6.07. The number of amides is 1. The molecule has 1 aromatic heterocycles. The van der Waals surface area contributed by atoms with Gasteiger partial charge in [-0.1, -0.05) is 18.2 Å². The fourth-order valence-electron chi connectivity index (χ4n) is 3.68. The van der Waals surface area contributed by atoms with Crippen molar-refractivity contribution in [2.45, 2.75) is 39.5 Å². The number of hydrogen-bond donors (Lipinski definition) is 2. The van der Waals surface area contributed by atoms with Gasteiger partial charge in [0.05, 0.1) is 37.3 Å². The van der Waals surface area contributed by atoms with E-state index in [1.807, 2.05) is 24.3 Å². The van der Waals surface area contributed by atoms with Crippen LogP contribution >= 0.6 is 0 Å². The Morgan fingerprint density at radius 3 is 2.71 bits per heavy atom. The zero-order chi connectivity index (χ0) is 16.9. The standard InChI is InChI=1S/C20H27N3O/c1-3-23(4-2)14-13-21-20(24)19-15-9-5-7-11-17(15)22-18-12-8-6-10-16(18)19/h5,7,9,11H,3-4,6,8,10,12-14H2,1-2H3,(H,21,24)/p+1. The Balaban J connectivity index is 1.88. The van der Waals surface area contributed by atoms with E-state index in [0.717, 1.165) is 67.6 Å². The normalized spacial score (nSPS) is 14.0. The lowest BCUT2D eigenvalue weighted by molar-refractivity contribution is -0.895. The second-order valence-electron chi connectivity index (χ2n) is 6.60. The van der Waals surface area contributed by atoms with Crippen molar-refractivity contribution in [3.63, 3.8) is 0 Å².